The van der Waals surface area contributed by atoms with Crippen molar-refractivity contribution in [2.24, 2.45) is 5.92 Å². The molecule has 0 aromatic rings. The Balaban J connectivity index is 4.30. The summed E-state index contributed by atoms with van der Waals surface area (Å²) in [5, 5.41) is 17.6. The fourth-order valence-electron chi connectivity index (χ4n) is 0.694. The van der Waals surface area contributed by atoms with E-state index in [2.05, 4.69) is 0 Å². The van der Waals surface area contributed by atoms with E-state index in [-0.39, 0.29) is 5.92 Å². The first-order chi connectivity index (χ1) is 6.66. The molecule has 0 aliphatic carbocycles. The molecule has 0 aliphatic rings. The van der Waals surface area contributed by atoms with Crippen molar-refractivity contribution in [3.63, 3.8) is 0 Å². The molecule has 2 N–H and O–H groups in total. The van der Waals surface area contributed by atoms with E-state index in [0.29, 0.717) is 0 Å². The Morgan fingerprint density at radius 2 is 1.80 bits per heavy atom. The second-order valence-electron chi connectivity index (χ2n) is 4.29. The van der Waals surface area contributed by atoms with E-state index in [1.54, 1.807) is 13.8 Å². The van der Waals surface area contributed by atoms with E-state index in [9.17, 15) is 14.7 Å². The van der Waals surface area contributed by atoms with E-state index in [0.717, 1.165) is 0 Å². The summed E-state index contributed by atoms with van der Waals surface area (Å²) < 4.78 is 5.01. The number of carbonyl (C=O) groups is 2. The van der Waals surface area contributed by atoms with E-state index in [1.165, 1.54) is 0 Å². The maximum atomic E-state index is 11.3. The molecule has 0 saturated heterocycles. The van der Waals surface area contributed by atoms with Gasteiger partial charge in [-0.2, -0.15) is 0 Å². The van der Waals surface area contributed by atoms with Gasteiger partial charge in [0.05, 0.1) is 6.42 Å². The predicted octanol–water partition coefficient (Wildman–Crippen LogP) is 0.800. The van der Waals surface area contributed by atoms with Crippen LogP contribution < -0.4 is 0 Å². The fraction of sp³-hybridized carbons (Fsp3) is 0.800. The van der Waals surface area contributed by atoms with Crippen molar-refractivity contribution < 1.29 is 24.5 Å². The maximum Gasteiger partial charge on any atom is 0.336 e. The summed E-state index contributed by atoms with van der Waals surface area (Å²) >= 11 is 0. The zero-order valence-corrected chi connectivity index (χ0v) is 9.48. The van der Waals surface area contributed by atoms with Crippen LogP contribution >= 0.6 is 0 Å². The van der Waals surface area contributed by atoms with Crippen LogP contribution in [0.4, 0.5) is 0 Å². The number of ether oxygens (including phenoxy) is 1. The summed E-state index contributed by atoms with van der Waals surface area (Å²) in [6.07, 6.45) is -2.23. The Morgan fingerprint density at radius 3 is 2.13 bits per heavy atom. The standard InChI is InChI=1S/C10H18O5/c1-6(2)10(3,4)15-9(14)7(11)5-8(12)13/h6-7,11H,5H2,1-4H3,(H,12,13). The van der Waals surface area contributed by atoms with Crippen molar-refractivity contribution in [1.29, 1.82) is 0 Å². The molecule has 0 spiro atoms. The minimum atomic E-state index is -1.60. The molecule has 0 aliphatic heterocycles. The fourth-order valence-corrected chi connectivity index (χ4v) is 0.694. The molecule has 0 saturated carbocycles. The number of aliphatic hydroxyl groups excluding tert-OH is 1. The third-order valence-corrected chi connectivity index (χ3v) is 2.39. The lowest BCUT2D eigenvalue weighted by atomic mass is 9.94. The first kappa shape index (κ1) is 13.9. The highest BCUT2D eigenvalue weighted by Crippen LogP contribution is 2.21. The second kappa shape index (κ2) is 5.11. The Hall–Kier alpha value is -1.10. The average molecular weight is 218 g/mol. The van der Waals surface area contributed by atoms with Crippen molar-refractivity contribution >= 4 is 11.9 Å². The van der Waals surface area contributed by atoms with Crippen LogP contribution in [-0.2, 0) is 14.3 Å². The van der Waals surface area contributed by atoms with Gasteiger partial charge in [0.15, 0.2) is 6.10 Å². The van der Waals surface area contributed by atoms with Gasteiger partial charge in [-0.1, -0.05) is 13.8 Å². The molecule has 5 nitrogen and oxygen atoms in total. The molecule has 0 radical (unpaired) electrons. The molecule has 0 fully saturated rings. The number of carboxylic acid groups (broad SMARTS) is 1. The van der Waals surface area contributed by atoms with Crippen molar-refractivity contribution in [3.8, 4) is 0 Å². The van der Waals surface area contributed by atoms with Gasteiger partial charge in [0, 0.05) is 0 Å². The first-order valence-corrected chi connectivity index (χ1v) is 4.79. The van der Waals surface area contributed by atoms with Crippen LogP contribution in [0.3, 0.4) is 0 Å². The lowest BCUT2D eigenvalue weighted by molar-refractivity contribution is -0.173. The molecule has 1 unspecified atom stereocenters. The van der Waals surface area contributed by atoms with Crippen LogP contribution in [0, 0.1) is 5.92 Å². The van der Waals surface area contributed by atoms with Crippen molar-refractivity contribution in [2.45, 2.75) is 45.8 Å². The minimum Gasteiger partial charge on any atom is -0.481 e. The number of hydrogen-bond acceptors (Lipinski definition) is 4. The van der Waals surface area contributed by atoms with E-state index in [4.69, 9.17) is 9.84 Å². The van der Waals surface area contributed by atoms with E-state index < -0.39 is 30.1 Å². The minimum absolute atomic E-state index is 0.0819. The Labute approximate surface area is 89.0 Å². The smallest absolute Gasteiger partial charge is 0.336 e. The number of esters is 1. The first-order valence-electron chi connectivity index (χ1n) is 4.79. The molecule has 15 heavy (non-hydrogen) atoms. The largest absolute Gasteiger partial charge is 0.481 e. The van der Waals surface area contributed by atoms with Gasteiger partial charge in [0.25, 0.3) is 0 Å². The molecule has 0 rings (SSSR count). The molecule has 88 valence electrons. The number of aliphatic carboxylic acids is 1. The van der Waals surface area contributed by atoms with Crippen LogP contribution in [0.2, 0.25) is 0 Å². The molecule has 0 aromatic heterocycles. The zero-order chi connectivity index (χ0) is 12.2. The Morgan fingerprint density at radius 1 is 1.33 bits per heavy atom. The number of rotatable bonds is 5. The molecule has 1 atom stereocenters. The van der Waals surface area contributed by atoms with E-state index >= 15 is 0 Å². The number of hydrogen-bond donors (Lipinski definition) is 2. The number of carboxylic acids is 1. The summed E-state index contributed by atoms with van der Waals surface area (Å²) in [5.74, 6) is -2.05. The van der Waals surface area contributed by atoms with Crippen LogP contribution in [0.1, 0.15) is 34.1 Å². The third-order valence-electron chi connectivity index (χ3n) is 2.39. The highest BCUT2D eigenvalue weighted by atomic mass is 16.6. The second-order valence-corrected chi connectivity index (χ2v) is 4.29. The van der Waals surface area contributed by atoms with Crippen LogP contribution in [-0.4, -0.2) is 33.9 Å². The molecule has 0 heterocycles. The van der Waals surface area contributed by atoms with Gasteiger partial charge in [0.2, 0.25) is 0 Å². The highest BCUT2D eigenvalue weighted by molar-refractivity contribution is 5.81. The lowest BCUT2D eigenvalue weighted by Crippen LogP contribution is -2.38. The highest BCUT2D eigenvalue weighted by Gasteiger charge is 2.30. The van der Waals surface area contributed by atoms with Crippen LogP contribution in [0.5, 0.6) is 0 Å². The summed E-state index contributed by atoms with van der Waals surface area (Å²) in [6.45, 7) is 7.17. The summed E-state index contributed by atoms with van der Waals surface area (Å²) in [5.41, 5.74) is -0.712. The SMILES string of the molecule is CC(C)C(C)(C)OC(=O)C(O)CC(=O)O. The van der Waals surface area contributed by atoms with Gasteiger partial charge < -0.3 is 14.9 Å². The monoisotopic (exact) mass is 218 g/mol. The Bertz CT molecular complexity index is 244. The molecular weight excluding hydrogens is 200 g/mol. The quantitative estimate of drug-likeness (QED) is 0.667. The molecule has 0 amide bonds. The van der Waals surface area contributed by atoms with Gasteiger partial charge >= 0.3 is 11.9 Å². The van der Waals surface area contributed by atoms with Gasteiger partial charge in [-0.3, -0.25) is 4.79 Å². The zero-order valence-electron chi connectivity index (χ0n) is 9.48. The van der Waals surface area contributed by atoms with E-state index in [1.807, 2.05) is 13.8 Å². The van der Waals surface area contributed by atoms with Crippen molar-refractivity contribution in [1.82, 2.24) is 0 Å². The number of carbonyl (C=O) groups excluding carboxylic acids is 1. The number of aliphatic hydroxyl groups is 1. The van der Waals surface area contributed by atoms with Crippen LogP contribution in [0.25, 0.3) is 0 Å². The summed E-state index contributed by atoms with van der Waals surface area (Å²) in [7, 11) is 0. The molecular formula is C10H18O5. The molecule has 5 heteroatoms. The molecule has 0 aromatic carbocycles. The predicted molar refractivity (Wildman–Crippen MR) is 53.3 cm³/mol. The van der Waals surface area contributed by atoms with Crippen molar-refractivity contribution in [2.75, 3.05) is 0 Å². The summed E-state index contributed by atoms with van der Waals surface area (Å²) in [4.78, 5) is 21.5. The Kier molecular flexibility index (Phi) is 4.74. The van der Waals surface area contributed by atoms with Gasteiger partial charge in [0.1, 0.15) is 5.60 Å². The third kappa shape index (κ3) is 4.78. The van der Waals surface area contributed by atoms with Gasteiger partial charge in [-0.05, 0) is 19.8 Å². The lowest BCUT2D eigenvalue weighted by Gasteiger charge is -2.29. The molecule has 0 bridgehead atoms. The maximum absolute atomic E-state index is 11.3. The topological polar surface area (TPSA) is 83.8 Å². The van der Waals surface area contributed by atoms with Crippen molar-refractivity contribution in [3.05, 3.63) is 0 Å². The van der Waals surface area contributed by atoms with Gasteiger partial charge in [-0.25, -0.2) is 4.79 Å². The normalized spacial score (nSPS) is 13.7. The average Bonchev–Trinajstić information content (AvgIpc) is 2.01. The summed E-state index contributed by atoms with van der Waals surface area (Å²) in [6, 6.07) is 0. The van der Waals surface area contributed by atoms with Crippen LogP contribution in [0.15, 0.2) is 0 Å². The van der Waals surface area contributed by atoms with Gasteiger partial charge in [-0.15, -0.1) is 0 Å².